The average molecular weight is 247 g/mol. The van der Waals surface area contributed by atoms with Crippen molar-refractivity contribution in [2.24, 2.45) is 5.92 Å². The van der Waals surface area contributed by atoms with Crippen LogP contribution in [0.15, 0.2) is 0 Å². The van der Waals surface area contributed by atoms with E-state index in [4.69, 9.17) is 9.84 Å². The molecule has 0 bridgehead atoms. The molecule has 0 radical (unpaired) electrons. The fourth-order valence-corrected chi connectivity index (χ4v) is 2.90. The summed E-state index contributed by atoms with van der Waals surface area (Å²) in [5, 5.41) is 12.3. The van der Waals surface area contributed by atoms with Crippen molar-refractivity contribution < 1.29 is 9.84 Å². The molecule has 0 aromatic rings. The van der Waals surface area contributed by atoms with Gasteiger partial charge in [-0.25, -0.2) is 0 Å². The summed E-state index contributed by atoms with van der Waals surface area (Å²) in [4.78, 5) is 0. The van der Waals surface area contributed by atoms with Crippen molar-refractivity contribution in [2.45, 2.75) is 32.2 Å². The molecule has 0 aromatic heterocycles. The fourth-order valence-electron chi connectivity index (χ4n) is 2.10. The number of ether oxygens (including phenoxy) is 1. The maximum absolute atomic E-state index is 8.65. The number of aliphatic hydroxyl groups excluding tert-OH is 1. The Hall–Kier alpha value is 0.230. The van der Waals surface area contributed by atoms with E-state index in [9.17, 15) is 0 Å². The standard InChI is InChI=1S/C12H25NO2S/c1-2-12(11-4-7-15-10-11)13-5-9-16-8-3-6-14/h11-14H,2-10H2,1H3. The summed E-state index contributed by atoms with van der Waals surface area (Å²) in [6.45, 7) is 5.51. The first kappa shape index (κ1) is 14.3. The zero-order valence-electron chi connectivity index (χ0n) is 10.3. The van der Waals surface area contributed by atoms with Gasteiger partial charge in [-0.05, 0) is 30.9 Å². The summed E-state index contributed by atoms with van der Waals surface area (Å²) >= 11 is 1.92. The Morgan fingerprint density at radius 3 is 3.00 bits per heavy atom. The molecule has 1 aliphatic heterocycles. The molecule has 2 N–H and O–H groups in total. The maximum Gasteiger partial charge on any atom is 0.0509 e. The van der Waals surface area contributed by atoms with E-state index in [1.165, 1.54) is 12.8 Å². The Morgan fingerprint density at radius 2 is 2.38 bits per heavy atom. The van der Waals surface area contributed by atoms with Crippen LogP contribution in [0.4, 0.5) is 0 Å². The zero-order valence-corrected chi connectivity index (χ0v) is 11.1. The van der Waals surface area contributed by atoms with Crippen molar-refractivity contribution >= 4 is 11.8 Å². The van der Waals surface area contributed by atoms with E-state index in [2.05, 4.69) is 12.2 Å². The van der Waals surface area contributed by atoms with Crippen molar-refractivity contribution in [3.63, 3.8) is 0 Å². The highest BCUT2D eigenvalue weighted by Gasteiger charge is 2.23. The summed E-state index contributed by atoms with van der Waals surface area (Å²) in [5.41, 5.74) is 0. The van der Waals surface area contributed by atoms with Gasteiger partial charge in [0.1, 0.15) is 0 Å². The van der Waals surface area contributed by atoms with Crippen LogP contribution in [0.2, 0.25) is 0 Å². The van der Waals surface area contributed by atoms with Crippen molar-refractivity contribution in [1.82, 2.24) is 5.32 Å². The van der Waals surface area contributed by atoms with E-state index >= 15 is 0 Å². The van der Waals surface area contributed by atoms with Crippen LogP contribution in [-0.2, 0) is 4.74 Å². The second-order valence-electron chi connectivity index (χ2n) is 4.28. The first-order valence-electron chi connectivity index (χ1n) is 6.38. The molecule has 0 amide bonds. The summed E-state index contributed by atoms with van der Waals surface area (Å²) in [6.07, 6.45) is 3.32. The number of hydrogen-bond donors (Lipinski definition) is 2. The van der Waals surface area contributed by atoms with Crippen molar-refractivity contribution in [1.29, 1.82) is 0 Å². The molecule has 2 atom stereocenters. The fraction of sp³-hybridized carbons (Fsp3) is 1.00. The largest absolute Gasteiger partial charge is 0.396 e. The van der Waals surface area contributed by atoms with E-state index in [0.29, 0.717) is 18.6 Å². The Bertz CT molecular complexity index is 163. The van der Waals surface area contributed by atoms with E-state index in [1.807, 2.05) is 11.8 Å². The second kappa shape index (κ2) is 9.28. The molecule has 1 heterocycles. The van der Waals surface area contributed by atoms with Gasteiger partial charge in [0.15, 0.2) is 0 Å². The maximum atomic E-state index is 8.65. The highest BCUT2D eigenvalue weighted by atomic mass is 32.2. The monoisotopic (exact) mass is 247 g/mol. The molecular formula is C12H25NO2S. The number of rotatable bonds is 9. The topological polar surface area (TPSA) is 41.5 Å². The number of nitrogens with one attached hydrogen (secondary N) is 1. The molecule has 96 valence electrons. The zero-order chi connectivity index (χ0) is 11.6. The third-order valence-electron chi connectivity index (χ3n) is 3.07. The van der Waals surface area contributed by atoms with Gasteiger partial charge in [-0.15, -0.1) is 0 Å². The molecule has 2 unspecified atom stereocenters. The van der Waals surface area contributed by atoms with Crippen LogP contribution in [0, 0.1) is 5.92 Å². The van der Waals surface area contributed by atoms with Gasteiger partial charge < -0.3 is 15.2 Å². The molecule has 1 fully saturated rings. The molecule has 1 rings (SSSR count). The van der Waals surface area contributed by atoms with Gasteiger partial charge >= 0.3 is 0 Å². The lowest BCUT2D eigenvalue weighted by molar-refractivity contribution is 0.176. The lowest BCUT2D eigenvalue weighted by Gasteiger charge is -2.22. The first-order chi connectivity index (χ1) is 7.88. The quantitative estimate of drug-likeness (QED) is 0.606. The average Bonchev–Trinajstić information content (AvgIpc) is 2.82. The minimum atomic E-state index is 0.317. The van der Waals surface area contributed by atoms with Gasteiger partial charge in [0.2, 0.25) is 0 Å². The van der Waals surface area contributed by atoms with Crippen LogP contribution in [0.5, 0.6) is 0 Å². The molecule has 1 saturated heterocycles. The van der Waals surface area contributed by atoms with Crippen molar-refractivity contribution in [3.8, 4) is 0 Å². The smallest absolute Gasteiger partial charge is 0.0509 e. The van der Waals surface area contributed by atoms with Crippen LogP contribution < -0.4 is 5.32 Å². The first-order valence-corrected chi connectivity index (χ1v) is 7.53. The van der Waals surface area contributed by atoms with Gasteiger partial charge in [-0.3, -0.25) is 0 Å². The van der Waals surface area contributed by atoms with Crippen molar-refractivity contribution in [3.05, 3.63) is 0 Å². The van der Waals surface area contributed by atoms with Gasteiger partial charge in [0, 0.05) is 31.6 Å². The summed E-state index contributed by atoms with van der Waals surface area (Å²) < 4.78 is 5.43. The molecule has 0 spiro atoms. The Kier molecular flexibility index (Phi) is 8.29. The lowest BCUT2D eigenvalue weighted by Crippen LogP contribution is -2.37. The van der Waals surface area contributed by atoms with Gasteiger partial charge in [-0.1, -0.05) is 6.92 Å². The third kappa shape index (κ3) is 5.53. The molecule has 0 aromatic carbocycles. The molecular weight excluding hydrogens is 222 g/mol. The predicted molar refractivity (Wildman–Crippen MR) is 70.0 cm³/mol. The van der Waals surface area contributed by atoms with Crippen LogP contribution >= 0.6 is 11.8 Å². The normalized spacial score (nSPS) is 22.5. The highest BCUT2D eigenvalue weighted by Crippen LogP contribution is 2.18. The minimum absolute atomic E-state index is 0.317. The third-order valence-corrected chi connectivity index (χ3v) is 4.14. The second-order valence-corrected chi connectivity index (χ2v) is 5.51. The van der Waals surface area contributed by atoms with Crippen LogP contribution in [-0.4, -0.2) is 49.0 Å². The minimum Gasteiger partial charge on any atom is -0.396 e. The van der Waals surface area contributed by atoms with Crippen LogP contribution in [0.25, 0.3) is 0 Å². The Balaban J connectivity index is 2.00. The molecule has 0 saturated carbocycles. The SMILES string of the molecule is CCC(NCCSCCCO)C1CCOC1. The Labute approximate surface area is 103 Å². The molecule has 16 heavy (non-hydrogen) atoms. The number of hydrogen-bond acceptors (Lipinski definition) is 4. The lowest BCUT2D eigenvalue weighted by atomic mass is 9.97. The highest BCUT2D eigenvalue weighted by molar-refractivity contribution is 7.99. The molecule has 4 heteroatoms. The summed E-state index contributed by atoms with van der Waals surface area (Å²) in [5.74, 6) is 2.93. The van der Waals surface area contributed by atoms with Gasteiger partial charge in [0.05, 0.1) is 6.61 Å². The van der Waals surface area contributed by atoms with Crippen LogP contribution in [0.1, 0.15) is 26.2 Å². The molecule has 1 aliphatic rings. The number of aliphatic hydroxyl groups is 1. The van der Waals surface area contributed by atoms with E-state index in [-0.39, 0.29) is 0 Å². The van der Waals surface area contributed by atoms with Gasteiger partial charge in [-0.2, -0.15) is 11.8 Å². The molecule has 3 nitrogen and oxygen atoms in total. The molecule has 0 aliphatic carbocycles. The van der Waals surface area contributed by atoms with Crippen LogP contribution in [0.3, 0.4) is 0 Å². The van der Waals surface area contributed by atoms with E-state index in [1.54, 1.807) is 0 Å². The number of thioether (sulfide) groups is 1. The van der Waals surface area contributed by atoms with E-state index < -0.39 is 0 Å². The Morgan fingerprint density at radius 1 is 1.50 bits per heavy atom. The predicted octanol–water partition coefficient (Wildman–Crippen LogP) is 1.51. The van der Waals surface area contributed by atoms with Gasteiger partial charge in [0.25, 0.3) is 0 Å². The summed E-state index contributed by atoms with van der Waals surface area (Å²) in [6, 6.07) is 0.626. The van der Waals surface area contributed by atoms with Crippen molar-refractivity contribution in [2.75, 3.05) is 37.9 Å². The van der Waals surface area contributed by atoms with E-state index in [0.717, 1.165) is 37.7 Å². The summed E-state index contributed by atoms with van der Waals surface area (Å²) in [7, 11) is 0.